The van der Waals surface area contributed by atoms with Gasteiger partial charge in [0.15, 0.2) is 11.5 Å². The zero-order chi connectivity index (χ0) is 10.2. The van der Waals surface area contributed by atoms with Crippen molar-refractivity contribution in [3.63, 3.8) is 0 Å². The fraction of sp³-hybridized carbons (Fsp3) is 0.556. The second-order valence-corrected chi connectivity index (χ2v) is 3.43. The van der Waals surface area contributed by atoms with Crippen LogP contribution in [0.5, 0.6) is 0 Å². The van der Waals surface area contributed by atoms with E-state index < -0.39 is 11.6 Å². The third kappa shape index (κ3) is 1.21. The molecule has 1 fully saturated rings. The zero-order valence-electron chi connectivity index (χ0n) is 7.82. The molecule has 1 saturated carbocycles. The van der Waals surface area contributed by atoms with Crippen molar-refractivity contribution in [1.82, 2.24) is 5.16 Å². The highest BCUT2D eigenvalue weighted by Crippen LogP contribution is 2.44. The van der Waals surface area contributed by atoms with E-state index in [0.717, 1.165) is 19.3 Å². The van der Waals surface area contributed by atoms with Gasteiger partial charge in [-0.1, -0.05) is 5.16 Å². The van der Waals surface area contributed by atoms with E-state index in [2.05, 4.69) is 5.16 Å². The Morgan fingerprint density at radius 2 is 2.43 bits per heavy atom. The topological polar surface area (TPSA) is 72.6 Å². The van der Waals surface area contributed by atoms with Gasteiger partial charge in [0, 0.05) is 13.2 Å². The maximum Gasteiger partial charge on any atom is 0.358 e. The van der Waals surface area contributed by atoms with Crippen LogP contribution in [0.1, 0.15) is 35.5 Å². The Morgan fingerprint density at radius 1 is 1.71 bits per heavy atom. The Morgan fingerprint density at radius 3 is 2.79 bits per heavy atom. The minimum Gasteiger partial charge on any atom is -0.476 e. The van der Waals surface area contributed by atoms with Gasteiger partial charge in [-0.15, -0.1) is 0 Å². The summed E-state index contributed by atoms with van der Waals surface area (Å²) in [6, 6.07) is 1.44. The molecule has 0 bridgehead atoms. The molecule has 5 heteroatoms. The molecule has 0 spiro atoms. The molecule has 0 atom stereocenters. The molecule has 76 valence electrons. The predicted molar refractivity (Wildman–Crippen MR) is 46.0 cm³/mol. The largest absolute Gasteiger partial charge is 0.476 e. The van der Waals surface area contributed by atoms with Crippen LogP contribution in [0, 0.1) is 0 Å². The number of carboxylic acid groups (broad SMARTS) is 1. The minimum atomic E-state index is -1.08. The molecule has 1 N–H and O–H groups in total. The van der Waals surface area contributed by atoms with Crippen LogP contribution in [0.15, 0.2) is 10.6 Å². The Bertz CT molecular complexity index is 348. The third-order valence-electron chi connectivity index (χ3n) is 2.73. The summed E-state index contributed by atoms with van der Waals surface area (Å²) in [4.78, 5) is 10.6. The van der Waals surface area contributed by atoms with Gasteiger partial charge < -0.3 is 14.4 Å². The van der Waals surface area contributed by atoms with Crippen molar-refractivity contribution in [3.8, 4) is 0 Å². The Balaban J connectivity index is 2.27. The van der Waals surface area contributed by atoms with E-state index in [1.165, 1.54) is 6.07 Å². The monoisotopic (exact) mass is 197 g/mol. The van der Waals surface area contributed by atoms with E-state index in [1.54, 1.807) is 7.11 Å². The van der Waals surface area contributed by atoms with Crippen LogP contribution in [0.25, 0.3) is 0 Å². The molecule has 0 amide bonds. The van der Waals surface area contributed by atoms with Crippen LogP contribution < -0.4 is 0 Å². The SMILES string of the molecule is COC1(c2cc(C(=O)O)no2)CCC1. The Hall–Kier alpha value is -1.36. The van der Waals surface area contributed by atoms with Gasteiger partial charge in [0.2, 0.25) is 0 Å². The molecular formula is C9H11NO4. The van der Waals surface area contributed by atoms with E-state index in [-0.39, 0.29) is 5.69 Å². The van der Waals surface area contributed by atoms with Crippen LogP contribution in [-0.4, -0.2) is 23.3 Å². The molecule has 0 radical (unpaired) electrons. The first-order valence-electron chi connectivity index (χ1n) is 4.43. The number of ether oxygens (including phenoxy) is 1. The van der Waals surface area contributed by atoms with Gasteiger partial charge in [-0.3, -0.25) is 0 Å². The standard InChI is InChI=1S/C9H11NO4/c1-13-9(3-2-4-9)7-5-6(8(11)12)10-14-7/h5H,2-4H2,1H3,(H,11,12). The molecule has 1 aromatic rings. The highest BCUT2D eigenvalue weighted by atomic mass is 16.5. The van der Waals surface area contributed by atoms with Gasteiger partial charge in [-0.25, -0.2) is 4.79 Å². The minimum absolute atomic E-state index is 0.0664. The zero-order valence-corrected chi connectivity index (χ0v) is 7.82. The Kier molecular flexibility index (Phi) is 2.03. The summed E-state index contributed by atoms with van der Waals surface area (Å²) in [6.07, 6.45) is 2.78. The number of methoxy groups -OCH3 is 1. The molecule has 1 heterocycles. The molecule has 5 nitrogen and oxygen atoms in total. The van der Waals surface area contributed by atoms with Crippen molar-refractivity contribution in [2.45, 2.75) is 24.9 Å². The maximum atomic E-state index is 10.6. The second kappa shape index (κ2) is 3.09. The molecule has 1 aromatic heterocycles. The molecule has 1 aliphatic rings. The predicted octanol–water partition coefficient (Wildman–Crippen LogP) is 1.40. The molecule has 14 heavy (non-hydrogen) atoms. The number of hydrogen-bond acceptors (Lipinski definition) is 4. The van der Waals surface area contributed by atoms with Gasteiger partial charge in [0.25, 0.3) is 0 Å². The number of carbonyl (C=O) groups is 1. The third-order valence-corrected chi connectivity index (χ3v) is 2.73. The van der Waals surface area contributed by atoms with Crippen molar-refractivity contribution in [3.05, 3.63) is 17.5 Å². The van der Waals surface area contributed by atoms with Gasteiger partial charge in [-0.05, 0) is 19.3 Å². The summed E-state index contributed by atoms with van der Waals surface area (Å²) >= 11 is 0. The normalized spacial score (nSPS) is 18.9. The molecule has 0 saturated heterocycles. The highest BCUT2D eigenvalue weighted by Gasteiger charge is 2.42. The fourth-order valence-corrected chi connectivity index (χ4v) is 1.64. The lowest BCUT2D eigenvalue weighted by Crippen LogP contribution is -2.35. The van der Waals surface area contributed by atoms with E-state index in [0.29, 0.717) is 5.76 Å². The molecule has 0 aliphatic heterocycles. The van der Waals surface area contributed by atoms with E-state index in [9.17, 15) is 4.79 Å². The maximum absolute atomic E-state index is 10.6. The lowest BCUT2D eigenvalue weighted by Gasteiger charge is -2.37. The summed E-state index contributed by atoms with van der Waals surface area (Å²) in [5.74, 6) is -0.561. The smallest absolute Gasteiger partial charge is 0.358 e. The summed E-state index contributed by atoms with van der Waals surface area (Å²) in [6.45, 7) is 0. The highest BCUT2D eigenvalue weighted by molar-refractivity contribution is 5.85. The van der Waals surface area contributed by atoms with Crippen molar-refractivity contribution >= 4 is 5.97 Å². The van der Waals surface area contributed by atoms with Gasteiger partial charge in [0.05, 0.1) is 0 Å². The summed E-state index contributed by atoms with van der Waals surface area (Å²) < 4.78 is 10.3. The quantitative estimate of drug-likeness (QED) is 0.792. The first kappa shape index (κ1) is 9.21. The first-order valence-corrected chi connectivity index (χ1v) is 4.43. The van der Waals surface area contributed by atoms with Crippen molar-refractivity contribution in [2.75, 3.05) is 7.11 Å². The lowest BCUT2D eigenvalue weighted by atomic mass is 9.78. The first-order chi connectivity index (χ1) is 6.68. The summed E-state index contributed by atoms with van der Waals surface area (Å²) in [7, 11) is 1.60. The summed E-state index contributed by atoms with van der Waals surface area (Å²) in [5.41, 5.74) is -0.496. The van der Waals surface area contributed by atoms with Crippen LogP contribution in [0.4, 0.5) is 0 Å². The van der Waals surface area contributed by atoms with E-state index >= 15 is 0 Å². The Labute approximate surface area is 80.6 Å². The van der Waals surface area contributed by atoms with E-state index in [4.69, 9.17) is 14.4 Å². The number of rotatable bonds is 3. The molecule has 2 rings (SSSR count). The van der Waals surface area contributed by atoms with Crippen molar-refractivity contribution in [2.24, 2.45) is 0 Å². The average Bonchev–Trinajstić information content (AvgIpc) is 2.52. The van der Waals surface area contributed by atoms with Crippen molar-refractivity contribution < 1.29 is 19.2 Å². The average molecular weight is 197 g/mol. The molecular weight excluding hydrogens is 186 g/mol. The van der Waals surface area contributed by atoms with E-state index in [1.807, 2.05) is 0 Å². The molecule has 0 aromatic carbocycles. The fourth-order valence-electron chi connectivity index (χ4n) is 1.64. The molecule has 0 unspecified atom stereocenters. The van der Waals surface area contributed by atoms with Crippen LogP contribution >= 0.6 is 0 Å². The van der Waals surface area contributed by atoms with Crippen LogP contribution in [0.2, 0.25) is 0 Å². The second-order valence-electron chi connectivity index (χ2n) is 3.43. The van der Waals surface area contributed by atoms with Crippen LogP contribution in [-0.2, 0) is 10.3 Å². The van der Waals surface area contributed by atoms with Gasteiger partial charge >= 0.3 is 5.97 Å². The number of carboxylic acids is 1. The van der Waals surface area contributed by atoms with Crippen molar-refractivity contribution in [1.29, 1.82) is 0 Å². The summed E-state index contributed by atoms with van der Waals surface area (Å²) in [5, 5.41) is 12.1. The number of aromatic nitrogens is 1. The number of nitrogens with zero attached hydrogens (tertiary/aromatic N) is 1. The lowest BCUT2D eigenvalue weighted by molar-refractivity contribution is -0.0955. The van der Waals surface area contributed by atoms with Crippen LogP contribution in [0.3, 0.4) is 0 Å². The number of hydrogen-bond donors (Lipinski definition) is 1. The molecule has 1 aliphatic carbocycles. The van der Waals surface area contributed by atoms with Gasteiger partial charge in [-0.2, -0.15) is 0 Å². The van der Waals surface area contributed by atoms with Gasteiger partial charge in [0.1, 0.15) is 5.60 Å². The number of aromatic carboxylic acids is 1.